The third-order valence-corrected chi connectivity index (χ3v) is 3.10. The zero-order valence-corrected chi connectivity index (χ0v) is 12.6. The van der Waals surface area contributed by atoms with Gasteiger partial charge in [-0.25, -0.2) is 4.39 Å². The van der Waals surface area contributed by atoms with Crippen LogP contribution in [0.3, 0.4) is 0 Å². The lowest BCUT2D eigenvalue weighted by Gasteiger charge is -2.14. The minimum absolute atomic E-state index is 0.0696. The summed E-state index contributed by atoms with van der Waals surface area (Å²) in [7, 11) is 0. The molecule has 0 aliphatic carbocycles. The molecule has 1 heterocycles. The first kappa shape index (κ1) is 18.7. The van der Waals surface area contributed by atoms with Gasteiger partial charge in [-0.2, -0.15) is 8.78 Å². The molecule has 124 valence electrons. The van der Waals surface area contributed by atoms with Crippen molar-refractivity contribution < 1.29 is 22.7 Å². The molecule has 1 amide bonds. The van der Waals surface area contributed by atoms with Gasteiger partial charge in [-0.05, 0) is 12.1 Å². The Labute approximate surface area is 132 Å². The van der Waals surface area contributed by atoms with E-state index < -0.39 is 12.3 Å². The molecule has 2 N–H and O–H groups in total. The molecule has 0 radical (unpaired) electrons. The average Bonchev–Trinajstić information content (AvgIpc) is 2.77. The van der Waals surface area contributed by atoms with Crippen LogP contribution in [0.4, 0.5) is 13.2 Å². The minimum atomic E-state index is -2.94. The SMILES string of the molecule is Fc1ccccc1Cl.O=C(NCC1CNCCOC1)C(F)F. The Morgan fingerprint density at radius 2 is 2.18 bits per heavy atom. The molecule has 1 aromatic carbocycles. The van der Waals surface area contributed by atoms with Gasteiger partial charge >= 0.3 is 6.43 Å². The second-order valence-electron chi connectivity index (χ2n) is 4.61. The van der Waals surface area contributed by atoms with E-state index in [2.05, 4.69) is 10.6 Å². The monoisotopic (exact) mass is 338 g/mol. The maximum atomic E-state index is 12.2. The van der Waals surface area contributed by atoms with Crippen LogP contribution in [-0.4, -0.2) is 45.2 Å². The van der Waals surface area contributed by atoms with Crippen molar-refractivity contribution in [1.29, 1.82) is 0 Å². The van der Waals surface area contributed by atoms with Gasteiger partial charge in [0.1, 0.15) is 5.82 Å². The van der Waals surface area contributed by atoms with Gasteiger partial charge in [0.05, 0.1) is 18.2 Å². The number of carbonyl (C=O) groups is 1. The van der Waals surface area contributed by atoms with Crippen molar-refractivity contribution in [2.45, 2.75) is 6.43 Å². The number of ether oxygens (including phenoxy) is 1. The Hall–Kier alpha value is -1.31. The molecule has 1 unspecified atom stereocenters. The molecule has 1 atom stereocenters. The maximum Gasteiger partial charge on any atom is 0.315 e. The lowest BCUT2D eigenvalue weighted by Crippen LogP contribution is -2.37. The number of benzene rings is 1. The van der Waals surface area contributed by atoms with Crippen LogP contribution in [0.15, 0.2) is 24.3 Å². The highest BCUT2D eigenvalue weighted by Gasteiger charge is 2.18. The number of halogens is 4. The van der Waals surface area contributed by atoms with Crippen molar-refractivity contribution in [3.8, 4) is 0 Å². The smallest absolute Gasteiger partial charge is 0.315 e. The number of alkyl halides is 2. The summed E-state index contributed by atoms with van der Waals surface area (Å²) in [6, 6.07) is 6.12. The molecule has 2 rings (SSSR count). The van der Waals surface area contributed by atoms with Crippen LogP contribution in [0.25, 0.3) is 0 Å². The highest BCUT2D eigenvalue weighted by molar-refractivity contribution is 6.30. The van der Waals surface area contributed by atoms with Crippen molar-refractivity contribution in [3.63, 3.8) is 0 Å². The number of nitrogens with one attached hydrogen (secondary N) is 2. The van der Waals surface area contributed by atoms with Gasteiger partial charge < -0.3 is 15.4 Å². The van der Waals surface area contributed by atoms with E-state index in [4.69, 9.17) is 16.3 Å². The molecule has 0 spiro atoms. The molecule has 1 aliphatic rings. The third-order valence-electron chi connectivity index (χ3n) is 2.80. The lowest BCUT2D eigenvalue weighted by molar-refractivity contribution is -0.131. The van der Waals surface area contributed by atoms with Crippen molar-refractivity contribution in [2.24, 2.45) is 5.92 Å². The van der Waals surface area contributed by atoms with E-state index in [9.17, 15) is 18.0 Å². The van der Waals surface area contributed by atoms with Gasteiger partial charge in [0, 0.05) is 25.6 Å². The highest BCUT2D eigenvalue weighted by atomic mass is 35.5. The van der Waals surface area contributed by atoms with E-state index in [0.29, 0.717) is 19.8 Å². The van der Waals surface area contributed by atoms with Crippen LogP contribution in [0.1, 0.15) is 0 Å². The molecule has 8 heteroatoms. The van der Waals surface area contributed by atoms with Crippen molar-refractivity contribution >= 4 is 17.5 Å². The van der Waals surface area contributed by atoms with Crippen molar-refractivity contribution in [1.82, 2.24) is 10.6 Å². The Balaban J connectivity index is 0.000000255. The molecule has 1 saturated heterocycles. The lowest BCUT2D eigenvalue weighted by atomic mass is 10.1. The molecular weight excluding hydrogens is 321 g/mol. The van der Waals surface area contributed by atoms with E-state index in [1.165, 1.54) is 12.1 Å². The van der Waals surface area contributed by atoms with Crippen LogP contribution in [0.2, 0.25) is 5.02 Å². The Kier molecular flexibility index (Phi) is 8.88. The molecule has 0 bridgehead atoms. The standard InChI is InChI=1S/C8H14F2N2O2.C6H4ClF/c9-7(10)8(13)12-4-6-3-11-1-2-14-5-6;7-5-3-1-2-4-6(5)8/h6-7,11H,1-5H2,(H,12,13);1-4H. The number of carbonyl (C=O) groups excluding carboxylic acids is 1. The zero-order valence-electron chi connectivity index (χ0n) is 11.8. The van der Waals surface area contributed by atoms with Crippen molar-refractivity contribution in [2.75, 3.05) is 32.8 Å². The van der Waals surface area contributed by atoms with Crippen molar-refractivity contribution in [3.05, 3.63) is 35.1 Å². The molecular formula is C14H18ClF3N2O2. The summed E-state index contributed by atoms with van der Waals surface area (Å²) >= 11 is 5.33. The minimum Gasteiger partial charge on any atom is -0.380 e. The summed E-state index contributed by atoms with van der Waals surface area (Å²) in [5.41, 5.74) is 0. The zero-order chi connectivity index (χ0) is 16.4. The van der Waals surface area contributed by atoms with Crippen LogP contribution in [-0.2, 0) is 9.53 Å². The van der Waals surface area contributed by atoms with Crippen LogP contribution in [0, 0.1) is 11.7 Å². The van der Waals surface area contributed by atoms with Gasteiger partial charge in [0.15, 0.2) is 0 Å². The largest absolute Gasteiger partial charge is 0.380 e. The topological polar surface area (TPSA) is 50.4 Å². The third kappa shape index (κ3) is 7.63. The van der Waals surface area contributed by atoms with Gasteiger partial charge in [-0.1, -0.05) is 23.7 Å². The highest BCUT2D eigenvalue weighted by Crippen LogP contribution is 2.11. The van der Waals surface area contributed by atoms with E-state index in [0.717, 1.165) is 6.54 Å². The Bertz CT molecular complexity index is 434. The summed E-state index contributed by atoms with van der Waals surface area (Å²) < 4.78 is 41.0. The van der Waals surface area contributed by atoms with Crippen LogP contribution < -0.4 is 10.6 Å². The normalized spacial score (nSPS) is 18.1. The van der Waals surface area contributed by atoms with Crippen LogP contribution in [0.5, 0.6) is 0 Å². The summed E-state index contributed by atoms with van der Waals surface area (Å²) in [5.74, 6) is -1.51. The number of rotatable bonds is 3. The second-order valence-corrected chi connectivity index (χ2v) is 5.01. The van der Waals surface area contributed by atoms with Gasteiger partial charge in [0.2, 0.25) is 0 Å². The average molecular weight is 339 g/mol. The molecule has 1 fully saturated rings. The quantitative estimate of drug-likeness (QED) is 0.887. The number of hydrogen-bond donors (Lipinski definition) is 2. The maximum absolute atomic E-state index is 12.2. The van der Waals surface area contributed by atoms with Gasteiger partial charge in [-0.3, -0.25) is 4.79 Å². The molecule has 0 saturated carbocycles. The van der Waals surface area contributed by atoms with E-state index in [-0.39, 0.29) is 23.3 Å². The predicted molar refractivity (Wildman–Crippen MR) is 77.6 cm³/mol. The molecule has 1 aromatic rings. The Morgan fingerprint density at radius 1 is 1.45 bits per heavy atom. The summed E-state index contributed by atoms with van der Waals surface area (Å²) in [6.07, 6.45) is -2.94. The van der Waals surface area contributed by atoms with E-state index >= 15 is 0 Å². The first-order chi connectivity index (χ1) is 10.5. The molecule has 4 nitrogen and oxygen atoms in total. The first-order valence-electron chi connectivity index (χ1n) is 6.75. The fourth-order valence-corrected chi connectivity index (χ4v) is 1.79. The molecule has 0 aromatic heterocycles. The second kappa shape index (κ2) is 10.4. The van der Waals surface area contributed by atoms with Gasteiger partial charge in [0.25, 0.3) is 5.91 Å². The van der Waals surface area contributed by atoms with Gasteiger partial charge in [-0.15, -0.1) is 0 Å². The fraction of sp³-hybridized carbons (Fsp3) is 0.500. The van der Waals surface area contributed by atoms with Crippen LogP contribution >= 0.6 is 11.6 Å². The number of amides is 1. The summed E-state index contributed by atoms with van der Waals surface area (Å²) in [4.78, 5) is 10.5. The van der Waals surface area contributed by atoms with E-state index in [1.807, 2.05) is 0 Å². The Morgan fingerprint density at radius 3 is 2.77 bits per heavy atom. The summed E-state index contributed by atoms with van der Waals surface area (Å²) in [6.45, 7) is 2.80. The molecule has 1 aliphatic heterocycles. The number of hydrogen-bond acceptors (Lipinski definition) is 3. The summed E-state index contributed by atoms with van der Waals surface area (Å²) in [5, 5.41) is 5.43. The first-order valence-corrected chi connectivity index (χ1v) is 7.13. The van der Waals surface area contributed by atoms with E-state index in [1.54, 1.807) is 12.1 Å². The predicted octanol–water partition coefficient (Wildman–Crippen LogP) is 2.08. The molecule has 22 heavy (non-hydrogen) atoms. The fourth-order valence-electron chi connectivity index (χ4n) is 1.65.